The largest absolute Gasteiger partial charge is 0.481 e. The predicted octanol–water partition coefficient (Wildman–Crippen LogP) is 4.84. The van der Waals surface area contributed by atoms with Crippen LogP contribution in [0, 0.1) is 17.1 Å². The van der Waals surface area contributed by atoms with Crippen LogP contribution in [0.1, 0.15) is 27.0 Å². The molecule has 1 aliphatic heterocycles. The molecule has 2 heterocycles. The van der Waals surface area contributed by atoms with E-state index in [9.17, 15) is 14.4 Å². The molecule has 0 fully saturated rings. The minimum Gasteiger partial charge on any atom is -0.481 e. The highest BCUT2D eigenvalue weighted by Gasteiger charge is 2.31. The van der Waals surface area contributed by atoms with Crippen LogP contribution in [-0.2, 0) is 13.1 Å². The molecule has 0 saturated heterocycles. The Bertz CT molecular complexity index is 1420. The first-order valence-electron chi connectivity index (χ1n) is 10.5. The lowest BCUT2D eigenvalue weighted by molar-refractivity contribution is 0.0764. The second-order valence-corrected chi connectivity index (χ2v) is 7.73. The molecular formula is C26H19FN4O3. The quantitative estimate of drug-likeness (QED) is 0.417. The zero-order valence-corrected chi connectivity index (χ0v) is 18.2. The Morgan fingerprint density at radius 3 is 2.65 bits per heavy atom. The maximum atomic E-state index is 14.3. The average molecular weight is 454 g/mol. The molecule has 0 saturated carbocycles. The summed E-state index contributed by atoms with van der Waals surface area (Å²) in [4.78, 5) is 14.9. The van der Waals surface area contributed by atoms with Crippen molar-refractivity contribution >= 4 is 5.91 Å². The molecule has 0 bridgehead atoms. The minimum absolute atomic E-state index is 0.0637. The van der Waals surface area contributed by atoms with E-state index in [1.165, 1.54) is 18.2 Å². The maximum Gasteiger partial charge on any atom is 0.258 e. The predicted molar refractivity (Wildman–Crippen MR) is 121 cm³/mol. The number of nitriles is 1. The molecule has 0 unspecified atom stereocenters. The summed E-state index contributed by atoms with van der Waals surface area (Å²) >= 11 is 0. The molecule has 0 radical (unpaired) electrons. The van der Waals surface area contributed by atoms with Crippen LogP contribution in [0.3, 0.4) is 0 Å². The van der Waals surface area contributed by atoms with E-state index in [-0.39, 0.29) is 23.0 Å². The van der Waals surface area contributed by atoms with Gasteiger partial charge in [-0.15, -0.1) is 0 Å². The number of para-hydroxylation sites is 1. The number of halogens is 1. The molecule has 8 heteroatoms. The molecule has 1 amide bonds. The van der Waals surface area contributed by atoms with Gasteiger partial charge in [0, 0.05) is 19.2 Å². The van der Waals surface area contributed by atoms with Crippen molar-refractivity contribution in [3.8, 4) is 29.1 Å². The Morgan fingerprint density at radius 2 is 1.88 bits per heavy atom. The number of amides is 1. The van der Waals surface area contributed by atoms with Crippen LogP contribution < -0.4 is 9.47 Å². The monoisotopic (exact) mass is 454 g/mol. The van der Waals surface area contributed by atoms with Crippen molar-refractivity contribution in [1.82, 2.24) is 14.7 Å². The zero-order valence-electron chi connectivity index (χ0n) is 18.2. The summed E-state index contributed by atoms with van der Waals surface area (Å²) in [7, 11) is 1.59. The van der Waals surface area contributed by atoms with Crippen molar-refractivity contribution in [3.05, 3.63) is 101 Å². The van der Waals surface area contributed by atoms with Crippen LogP contribution in [0.25, 0.3) is 5.69 Å². The fraction of sp³-hybridized carbons (Fsp3) is 0.115. The van der Waals surface area contributed by atoms with Crippen molar-refractivity contribution in [1.29, 1.82) is 5.26 Å². The number of hydrogen-bond donors (Lipinski definition) is 0. The van der Waals surface area contributed by atoms with Gasteiger partial charge in [-0.2, -0.15) is 10.4 Å². The molecule has 168 valence electrons. The highest BCUT2D eigenvalue weighted by atomic mass is 19.1. The van der Waals surface area contributed by atoms with Crippen LogP contribution in [0.5, 0.6) is 17.4 Å². The summed E-state index contributed by atoms with van der Waals surface area (Å²) in [5.74, 6) is -0.201. The molecule has 0 aliphatic carbocycles. The fourth-order valence-corrected chi connectivity index (χ4v) is 4.01. The maximum absolute atomic E-state index is 14.3. The summed E-state index contributed by atoms with van der Waals surface area (Å²) in [6.07, 6.45) is 1.66. The number of fused-ring (bicyclic) bond motifs is 1. The minimum atomic E-state index is -0.659. The first-order valence-corrected chi connectivity index (χ1v) is 10.5. The van der Waals surface area contributed by atoms with E-state index in [4.69, 9.17) is 9.47 Å². The Hall–Kier alpha value is -4.64. The second kappa shape index (κ2) is 8.71. The standard InChI is InChI=1S/C26H19FN4O3/c1-33-23-12-13-29-31(23)20-10-8-17(9-11-20)15-30-16-19-5-3-7-22(24(19)26(30)32)34-25-18(14-28)4-2-6-21(25)27/h2-13H,15-16H2,1H3. The fourth-order valence-electron chi connectivity index (χ4n) is 4.01. The lowest BCUT2D eigenvalue weighted by atomic mass is 10.1. The smallest absolute Gasteiger partial charge is 0.258 e. The third-order valence-corrected chi connectivity index (χ3v) is 5.65. The zero-order chi connectivity index (χ0) is 23.7. The summed E-state index contributed by atoms with van der Waals surface area (Å²) in [6.45, 7) is 0.801. The molecule has 34 heavy (non-hydrogen) atoms. The van der Waals surface area contributed by atoms with Gasteiger partial charge in [0.25, 0.3) is 5.91 Å². The van der Waals surface area contributed by atoms with Crippen LogP contribution in [0.2, 0.25) is 0 Å². The van der Waals surface area contributed by atoms with Gasteiger partial charge < -0.3 is 14.4 Å². The number of rotatable bonds is 6. The first kappa shape index (κ1) is 21.2. The van der Waals surface area contributed by atoms with Gasteiger partial charge >= 0.3 is 0 Å². The molecule has 3 aromatic carbocycles. The normalized spacial score (nSPS) is 12.4. The number of hydrogen-bond acceptors (Lipinski definition) is 5. The van der Waals surface area contributed by atoms with E-state index < -0.39 is 5.82 Å². The van der Waals surface area contributed by atoms with Crippen molar-refractivity contribution < 1.29 is 18.7 Å². The van der Waals surface area contributed by atoms with Gasteiger partial charge in [-0.3, -0.25) is 4.79 Å². The SMILES string of the molecule is COc1ccnn1-c1ccc(CN2Cc3cccc(Oc4c(F)cccc4C#N)c3C2=O)cc1. The second-order valence-electron chi connectivity index (χ2n) is 7.73. The van der Waals surface area contributed by atoms with E-state index >= 15 is 0 Å². The highest BCUT2D eigenvalue weighted by Crippen LogP contribution is 2.36. The molecule has 5 rings (SSSR count). The van der Waals surface area contributed by atoms with Crippen LogP contribution in [0.15, 0.2) is 72.9 Å². The number of nitrogens with zero attached hydrogens (tertiary/aromatic N) is 4. The molecule has 0 N–H and O–H groups in total. The third kappa shape index (κ3) is 3.73. The highest BCUT2D eigenvalue weighted by molar-refractivity contribution is 6.01. The van der Waals surface area contributed by atoms with Crippen LogP contribution in [0.4, 0.5) is 4.39 Å². The van der Waals surface area contributed by atoms with E-state index in [1.54, 1.807) is 41.1 Å². The Kier molecular flexibility index (Phi) is 5.44. The van der Waals surface area contributed by atoms with Gasteiger partial charge in [-0.1, -0.05) is 30.3 Å². The summed E-state index contributed by atoms with van der Waals surface area (Å²) in [5.41, 5.74) is 3.02. The van der Waals surface area contributed by atoms with Crippen molar-refractivity contribution in [2.45, 2.75) is 13.1 Å². The number of carbonyl (C=O) groups excluding carboxylic acids is 1. The molecule has 0 spiro atoms. The van der Waals surface area contributed by atoms with Crippen molar-refractivity contribution in [2.75, 3.05) is 7.11 Å². The molecule has 1 aliphatic rings. The third-order valence-electron chi connectivity index (χ3n) is 5.65. The molecule has 0 atom stereocenters. The van der Waals surface area contributed by atoms with E-state index in [1.807, 2.05) is 36.4 Å². The average Bonchev–Trinajstić information content (AvgIpc) is 3.46. The summed E-state index contributed by atoms with van der Waals surface area (Å²) in [5, 5.41) is 13.6. The Balaban J connectivity index is 1.37. The lowest BCUT2D eigenvalue weighted by Crippen LogP contribution is -2.23. The molecule has 7 nitrogen and oxygen atoms in total. The van der Waals surface area contributed by atoms with Gasteiger partial charge in [0.2, 0.25) is 5.88 Å². The van der Waals surface area contributed by atoms with Crippen molar-refractivity contribution in [3.63, 3.8) is 0 Å². The van der Waals surface area contributed by atoms with E-state index in [2.05, 4.69) is 5.10 Å². The van der Waals surface area contributed by atoms with Crippen molar-refractivity contribution in [2.24, 2.45) is 0 Å². The van der Waals surface area contributed by atoms with Crippen LogP contribution in [-0.4, -0.2) is 27.7 Å². The van der Waals surface area contributed by atoms with Gasteiger partial charge in [0.1, 0.15) is 11.8 Å². The summed E-state index contributed by atoms with van der Waals surface area (Å²) < 4.78 is 27.1. The van der Waals surface area contributed by atoms with E-state index in [0.717, 1.165) is 16.8 Å². The van der Waals surface area contributed by atoms with Gasteiger partial charge in [0.15, 0.2) is 11.6 Å². The Morgan fingerprint density at radius 1 is 1.09 bits per heavy atom. The number of benzene rings is 3. The topological polar surface area (TPSA) is 80.4 Å². The van der Waals surface area contributed by atoms with Gasteiger partial charge in [0.05, 0.1) is 30.1 Å². The first-order chi connectivity index (χ1) is 16.6. The molecule has 1 aromatic heterocycles. The molecular weight excluding hydrogens is 435 g/mol. The number of methoxy groups -OCH3 is 1. The lowest BCUT2D eigenvalue weighted by Gasteiger charge is -2.16. The molecule has 4 aromatic rings. The number of ether oxygens (including phenoxy) is 2. The van der Waals surface area contributed by atoms with E-state index in [0.29, 0.717) is 24.5 Å². The Labute approximate surface area is 195 Å². The van der Waals surface area contributed by atoms with Gasteiger partial charge in [-0.05, 0) is 41.5 Å². The number of aromatic nitrogens is 2. The number of carbonyl (C=O) groups is 1. The van der Waals surface area contributed by atoms with Gasteiger partial charge in [-0.25, -0.2) is 9.07 Å². The van der Waals surface area contributed by atoms with Crippen LogP contribution >= 0.6 is 0 Å². The summed E-state index contributed by atoms with van der Waals surface area (Å²) in [6, 6.07) is 20.7.